The van der Waals surface area contributed by atoms with E-state index in [-0.39, 0.29) is 12.3 Å². The van der Waals surface area contributed by atoms with Crippen molar-refractivity contribution in [3.8, 4) is 5.75 Å². The lowest BCUT2D eigenvalue weighted by atomic mass is 10.1. The Kier molecular flexibility index (Phi) is 4.02. The van der Waals surface area contributed by atoms with Crippen LogP contribution in [0.2, 0.25) is 0 Å². The van der Waals surface area contributed by atoms with Crippen LogP contribution in [-0.4, -0.2) is 22.4 Å². The number of carbonyl (C=O) groups is 1. The molecule has 0 aliphatic carbocycles. The summed E-state index contributed by atoms with van der Waals surface area (Å²) in [7, 11) is 1.61. The van der Waals surface area contributed by atoms with Gasteiger partial charge in [0.25, 0.3) is 0 Å². The predicted octanol–water partition coefficient (Wildman–Crippen LogP) is 3.14. The molecule has 2 aromatic heterocycles. The highest BCUT2D eigenvalue weighted by atomic mass is 16.5. The van der Waals surface area contributed by atoms with Crippen molar-refractivity contribution in [1.29, 1.82) is 0 Å². The molecular weight excluding hydrogens is 290 g/mol. The summed E-state index contributed by atoms with van der Waals surface area (Å²) in [5, 5.41) is 2.95. The zero-order chi connectivity index (χ0) is 16.4. The lowest BCUT2D eigenvalue weighted by Crippen LogP contribution is -2.15. The molecule has 0 radical (unpaired) electrons. The molecule has 23 heavy (non-hydrogen) atoms. The van der Waals surface area contributed by atoms with E-state index in [1.165, 1.54) is 0 Å². The van der Waals surface area contributed by atoms with Crippen LogP contribution in [-0.2, 0) is 11.2 Å². The number of nitrogens with zero attached hydrogens (tertiary/aromatic N) is 2. The molecule has 118 valence electrons. The van der Waals surface area contributed by atoms with Gasteiger partial charge in [0.05, 0.1) is 24.9 Å². The molecule has 0 spiro atoms. The fourth-order valence-electron chi connectivity index (χ4n) is 2.56. The first-order valence-electron chi connectivity index (χ1n) is 7.45. The average Bonchev–Trinajstić information content (AvgIpc) is 2.84. The maximum Gasteiger partial charge on any atom is 0.228 e. The van der Waals surface area contributed by atoms with E-state index in [2.05, 4.69) is 10.3 Å². The highest BCUT2D eigenvalue weighted by molar-refractivity contribution is 5.95. The molecule has 3 aromatic rings. The number of imidazole rings is 1. The number of fused-ring (bicyclic) bond motifs is 1. The summed E-state index contributed by atoms with van der Waals surface area (Å²) in [5.74, 6) is 0.668. The van der Waals surface area contributed by atoms with Gasteiger partial charge in [0.2, 0.25) is 5.91 Å². The number of carbonyl (C=O) groups excluding carboxylic acids is 1. The molecule has 1 aromatic carbocycles. The van der Waals surface area contributed by atoms with Crippen molar-refractivity contribution in [1.82, 2.24) is 9.38 Å². The van der Waals surface area contributed by atoms with Gasteiger partial charge in [-0.05, 0) is 43.7 Å². The van der Waals surface area contributed by atoms with Gasteiger partial charge in [-0.15, -0.1) is 0 Å². The number of anilines is 1. The second kappa shape index (κ2) is 6.12. The molecule has 3 rings (SSSR count). The number of methoxy groups -OCH3 is 1. The minimum atomic E-state index is -0.0790. The van der Waals surface area contributed by atoms with Crippen molar-refractivity contribution in [2.24, 2.45) is 0 Å². The summed E-state index contributed by atoms with van der Waals surface area (Å²) in [6, 6.07) is 11.3. The standard InChI is InChI=1S/C18H19N3O2/c1-12-13(2)21-9-5-8-16(18(21)19-12)20-17(22)11-14-6-4-7-15(10-14)23-3/h4-10H,11H2,1-3H3,(H,20,22). The Morgan fingerprint density at radius 2 is 2.09 bits per heavy atom. The van der Waals surface area contributed by atoms with Crippen LogP contribution < -0.4 is 10.1 Å². The van der Waals surface area contributed by atoms with Crippen LogP contribution >= 0.6 is 0 Å². The summed E-state index contributed by atoms with van der Waals surface area (Å²) in [6.45, 7) is 3.97. The molecule has 0 fully saturated rings. The van der Waals surface area contributed by atoms with Crippen molar-refractivity contribution in [2.45, 2.75) is 20.3 Å². The van der Waals surface area contributed by atoms with Gasteiger partial charge in [-0.2, -0.15) is 0 Å². The zero-order valence-electron chi connectivity index (χ0n) is 13.5. The molecule has 0 unspecified atom stereocenters. The number of amides is 1. The Hall–Kier alpha value is -2.82. The van der Waals surface area contributed by atoms with Crippen LogP contribution in [0.4, 0.5) is 5.69 Å². The Labute approximate surface area is 134 Å². The average molecular weight is 309 g/mol. The Morgan fingerprint density at radius 1 is 1.26 bits per heavy atom. The van der Waals surface area contributed by atoms with Gasteiger partial charge >= 0.3 is 0 Å². The maximum absolute atomic E-state index is 12.3. The Bertz CT molecular complexity index is 868. The molecule has 0 aliphatic heterocycles. The summed E-state index contributed by atoms with van der Waals surface area (Å²) < 4.78 is 7.17. The largest absolute Gasteiger partial charge is 0.497 e. The third-order valence-corrected chi connectivity index (χ3v) is 3.90. The summed E-state index contributed by atoms with van der Waals surface area (Å²) in [6.07, 6.45) is 2.24. The normalized spacial score (nSPS) is 10.7. The molecule has 0 bridgehead atoms. The van der Waals surface area contributed by atoms with Gasteiger partial charge < -0.3 is 14.5 Å². The van der Waals surface area contributed by atoms with E-state index in [1.54, 1.807) is 7.11 Å². The van der Waals surface area contributed by atoms with Gasteiger partial charge in [-0.1, -0.05) is 12.1 Å². The molecule has 2 heterocycles. The molecule has 1 N–H and O–H groups in total. The van der Waals surface area contributed by atoms with Gasteiger partial charge in [0.1, 0.15) is 5.75 Å². The molecule has 0 saturated heterocycles. The highest BCUT2D eigenvalue weighted by Crippen LogP contribution is 2.20. The predicted molar refractivity (Wildman–Crippen MR) is 90.0 cm³/mol. The second-order valence-electron chi connectivity index (χ2n) is 5.47. The minimum absolute atomic E-state index is 0.0790. The number of hydrogen-bond donors (Lipinski definition) is 1. The summed E-state index contributed by atoms with van der Waals surface area (Å²) in [4.78, 5) is 16.9. The number of rotatable bonds is 4. The second-order valence-corrected chi connectivity index (χ2v) is 5.47. The molecular formula is C18H19N3O2. The third kappa shape index (κ3) is 3.04. The lowest BCUT2D eigenvalue weighted by molar-refractivity contribution is -0.115. The molecule has 5 heteroatoms. The van der Waals surface area contributed by atoms with E-state index in [1.807, 2.05) is 60.8 Å². The monoisotopic (exact) mass is 309 g/mol. The highest BCUT2D eigenvalue weighted by Gasteiger charge is 2.11. The molecule has 0 saturated carbocycles. The van der Waals surface area contributed by atoms with Gasteiger partial charge in [-0.3, -0.25) is 4.79 Å². The minimum Gasteiger partial charge on any atom is -0.497 e. The topological polar surface area (TPSA) is 55.6 Å². The van der Waals surface area contributed by atoms with E-state index in [9.17, 15) is 4.79 Å². The fraction of sp³-hybridized carbons (Fsp3) is 0.222. The van der Waals surface area contributed by atoms with E-state index in [0.717, 1.165) is 34.0 Å². The third-order valence-electron chi connectivity index (χ3n) is 3.90. The molecule has 5 nitrogen and oxygen atoms in total. The summed E-state index contributed by atoms with van der Waals surface area (Å²) in [5.41, 5.74) is 4.42. The van der Waals surface area contributed by atoms with Gasteiger partial charge in [0, 0.05) is 11.9 Å². The number of hydrogen-bond acceptors (Lipinski definition) is 3. The SMILES string of the molecule is COc1cccc(CC(=O)Nc2cccn3c(C)c(C)nc23)c1. The van der Waals surface area contributed by atoms with E-state index in [0.29, 0.717) is 0 Å². The van der Waals surface area contributed by atoms with E-state index < -0.39 is 0 Å². The maximum atomic E-state index is 12.3. The number of ether oxygens (including phenoxy) is 1. The van der Waals surface area contributed by atoms with Crippen molar-refractivity contribution in [3.05, 3.63) is 59.5 Å². The molecule has 1 amide bonds. The molecule has 0 atom stereocenters. The van der Waals surface area contributed by atoms with E-state index >= 15 is 0 Å². The van der Waals surface area contributed by atoms with Crippen LogP contribution in [0.1, 0.15) is 17.0 Å². The van der Waals surface area contributed by atoms with Crippen molar-refractivity contribution in [3.63, 3.8) is 0 Å². The first-order valence-corrected chi connectivity index (χ1v) is 7.45. The lowest BCUT2D eigenvalue weighted by Gasteiger charge is -2.08. The smallest absolute Gasteiger partial charge is 0.228 e. The first kappa shape index (κ1) is 15.1. The van der Waals surface area contributed by atoms with Gasteiger partial charge in [-0.25, -0.2) is 4.98 Å². The first-order chi connectivity index (χ1) is 11.1. The summed E-state index contributed by atoms with van der Waals surface area (Å²) >= 11 is 0. The van der Waals surface area contributed by atoms with Crippen LogP contribution in [0.5, 0.6) is 5.75 Å². The van der Waals surface area contributed by atoms with Crippen LogP contribution in [0.15, 0.2) is 42.6 Å². The van der Waals surface area contributed by atoms with Gasteiger partial charge in [0.15, 0.2) is 5.65 Å². The number of benzene rings is 1. The van der Waals surface area contributed by atoms with Crippen LogP contribution in [0.3, 0.4) is 0 Å². The van der Waals surface area contributed by atoms with Crippen molar-refractivity contribution >= 4 is 17.2 Å². The molecule has 0 aliphatic rings. The number of aryl methyl sites for hydroxylation is 2. The van der Waals surface area contributed by atoms with Crippen LogP contribution in [0, 0.1) is 13.8 Å². The zero-order valence-corrected chi connectivity index (χ0v) is 13.5. The fourth-order valence-corrected chi connectivity index (χ4v) is 2.56. The number of nitrogens with one attached hydrogen (secondary N) is 1. The van der Waals surface area contributed by atoms with E-state index in [4.69, 9.17) is 4.74 Å². The number of pyridine rings is 1. The van der Waals surface area contributed by atoms with Crippen LogP contribution in [0.25, 0.3) is 5.65 Å². The van der Waals surface area contributed by atoms with Crippen molar-refractivity contribution in [2.75, 3.05) is 12.4 Å². The number of aromatic nitrogens is 2. The Balaban J connectivity index is 1.81. The quantitative estimate of drug-likeness (QED) is 0.805. The van der Waals surface area contributed by atoms with Crippen molar-refractivity contribution < 1.29 is 9.53 Å². The Morgan fingerprint density at radius 3 is 2.87 bits per heavy atom.